The normalized spacial score (nSPS) is 13.9. The molecule has 1 heterocycles. The van der Waals surface area contributed by atoms with Gasteiger partial charge < -0.3 is 16.0 Å². The number of benzene rings is 2. The maximum absolute atomic E-state index is 13.2. The van der Waals surface area contributed by atoms with Gasteiger partial charge in [0.25, 0.3) is 5.91 Å². The van der Waals surface area contributed by atoms with Crippen molar-refractivity contribution in [3.05, 3.63) is 53.1 Å². The molecule has 0 saturated heterocycles. The first kappa shape index (κ1) is 18.8. The summed E-state index contributed by atoms with van der Waals surface area (Å²) in [6.45, 7) is 1.56. The Bertz CT molecular complexity index is 910. The Morgan fingerprint density at radius 2 is 1.93 bits per heavy atom. The number of amides is 2. The fraction of sp³-hybridized carbons (Fsp3) is 0.263. The minimum absolute atomic E-state index is 0.0783. The molecule has 8 heteroatoms. The summed E-state index contributed by atoms with van der Waals surface area (Å²) >= 11 is 0. The molecule has 0 bridgehead atoms. The van der Waals surface area contributed by atoms with Crippen molar-refractivity contribution in [2.24, 2.45) is 0 Å². The SMILES string of the molecule is CC(=O)Nc1cc(C(=O)N2CCCc3c(N)cccc32)cc(C(F)(F)F)c1. The Balaban J connectivity index is 2.05. The minimum atomic E-state index is -4.65. The first-order valence-electron chi connectivity index (χ1n) is 8.36. The number of nitrogens with zero attached hydrogens (tertiary/aromatic N) is 1. The molecule has 0 aliphatic carbocycles. The third kappa shape index (κ3) is 3.89. The van der Waals surface area contributed by atoms with E-state index in [0.29, 0.717) is 30.8 Å². The Morgan fingerprint density at radius 3 is 2.59 bits per heavy atom. The lowest BCUT2D eigenvalue weighted by Gasteiger charge is -2.30. The lowest BCUT2D eigenvalue weighted by Crippen LogP contribution is -2.36. The average molecular weight is 377 g/mol. The summed E-state index contributed by atoms with van der Waals surface area (Å²) in [6, 6.07) is 8.01. The van der Waals surface area contributed by atoms with Crippen LogP contribution >= 0.6 is 0 Å². The fourth-order valence-electron chi connectivity index (χ4n) is 3.21. The summed E-state index contributed by atoms with van der Waals surface area (Å²) in [4.78, 5) is 25.7. The first-order chi connectivity index (χ1) is 12.7. The third-order valence-electron chi connectivity index (χ3n) is 4.36. The lowest BCUT2D eigenvalue weighted by atomic mass is 9.98. The number of rotatable bonds is 2. The second kappa shape index (κ2) is 6.94. The number of carbonyl (C=O) groups is 2. The molecule has 0 spiro atoms. The van der Waals surface area contributed by atoms with Gasteiger partial charge in [-0.2, -0.15) is 13.2 Å². The van der Waals surface area contributed by atoms with Crippen LogP contribution in [0.1, 0.15) is 34.8 Å². The van der Waals surface area contributed by atoms with Gasteiger partial charge in [0.2, 0.25) is 5.91 Å². The van der Waals surface area contributed by atoms with Crippen LogP contribution in [0.15, 0.2) is 36.4 Å². The van der Waals surface area contributed by atoms with E-state index in [4.69, 9.17) is 5.73 Å². The van der Waals surface area contributed by atoms with Crippen LogP contribution in [0, 0.1) is 0 Å². The number of nitrogen functional groups attached to an aromatic ring is 1. The van der Waals surface area contributed by atoms with Crippen LogP contribution in [0.25, 0.3) is 0 Å². The molecule has 0 unspecified atom stereocenters. The van der Waals surface area contributed by atoms with Crippen molar-refractivity contribution in [2.45, 2.75) is 25.9 Å². The molecule has 2 aromatic carbocycles. The molecule has 0 saturated carbocycles. The maximum atomic E-state index is 13.2. The summed E-state index contributed by atoms with van der Waals surface area (Å²) in [5, 5.41) is 2.31. The first-order valence-corrected chi connectivity index (χ1v) is 8.36. The smallest absolute Gasteiger partial charge is 0.398 e. The number of fused-ring (bicyclic) bond motifs is 1. The quantitative estimate of drug-likeness (QED) is 0.781. The molecule has 5 nitrogen and oxygen atoms in total. The standard InChI is InChI=1S/C19H18F3N3O2/c1-11(26)24-14-9-12(8-13(10-14)19(20,21)22)18(27)25-7-3-4-15-16(23)5-2-6-17(15)25/h2,5-6,8-10H,3-4,7,23H2,1H3,(H,24,26). The van der Waals surface area contributed by atoms with Crippen molar-refractivity contribution in [3.63, 3.8) is 0 Å². The molecule has 2 aromatic rings. The number of nitrogens with two attached hydrogens (primary N) is 1. The molecule has 1 aliphatic heterocycles. The summed E-state index contributed by atoms with van der Waals surface area (Å²) in [5.74, 6) is -1.09. The van der Waals surface area contributed by atoms with Crippen LogP contribution < -0.4 is 16.0 Å². The molecule has 0 fully saturated rings. The lowest BCUT2D eigenvalue weighted by molar-refractivity contribution is -0.137. The van der Waals surface area contributed by atoms with Crippen molar-refractivity contribution in [1.29, 1.82) is 0 Å². The van der Waals surface area contributed by atoms with E-state index in [2.05, 4.69) is 5.32 Å². The van der Waals surface area contributed by atoms with E-state index in [1.807, 2.05) is 0 Å². The fourth-order valence-corrected chi connectivity index (χ4v) is 3.21. The van der Waals surface area contributed by atoms with E-state index in [0.717, 1.165) is 17.7 Å². The Hall–Kier alpha value is -3.03. The highest BCUT2D eigenvalue weighted by molar-refractivity contribution is 6.08. The van der Waals surface area contributed by atoms with Crippen molar-refractivity contribution in [1.82, 2.24) is 0 Å². The van der Waals surface area contributed by atoms with Gasteiger partial charge in [0.15, 0.2) is 0 Å². The largest absolute Gasteiger partial charge is 0.416 e. The third-order valence-corrected chi connectivity index (χ3v) is 4.36. The second-order valence-corrected chi connectivity index (χ2v) is 6.38. The highest BCUT2D eigenvalue weighted by Gasteiger charge is 2.33. The van der Waals surface area contributed by atoms with E-state index in [1.165, 1.54) is 17.9 Å². The second-order valence-electron chi connectivity index (χ2n) is 6.38. The molecule has 142 valence electrons. The molecule has 3 rings (SSSR count). The van der Waals surface area contributed by atoms with E-state index in [-0.39, 0.29) is 11.3 Å². The van der Waals surface area contributed by atoms with E-state index >= 15 is 0 Å². The summed E-state index contributed by atoms with van der Waals surface area (Å²) < 4.78 is 39.7. The topological polar surface area (TPSA) is 75.4 Å². The van der Waals surface area contributed by atoms with Crippen LogP contribution in [0.2, 0.25) is 0 Å². The van der Waals surface area contributed by atoms with Gasteiger partial charge in [0.1, 0.15) is 0 Å². The molecule has 27 heavy (non-hydrogen) atoms. The number of halogens is 3. The highest BCUT2D eigenvalue weighted by Crippen LogP contribution is 2.35. The zero-order valence-corrected chi connectivity index (χ0v) is 14.6. The number of carbonyl (C=O) groups excluding carboxylic acids is 2. The van der Waals surface area contributed by atoms with Gasteiger partial charge in [0.05, 0.1) is 5.56 Å². The average Bonchev–Trinajstić information content (AvgIpc) is 2.59. The Kier molecular flexibility index (Phi) is 4.82. The molecule has 0 aromatic heterocycles. The highest BCUT2D eigenvalue weighted by atomic mass is 19.4. The maximum Gasteiger partial charge on any atom is 0.416 e. The number of hydrogen-bond acceptors (Lipinski definition) is 3. The summed E-state index contributed by atoms with van der Waals surface area (Å²) in [6.07, 6.45) is -3.29. The molecular weight excluding hydrogens is 359 g/mol. The monoisotopic (exact) mass is 377 g/mol. The molecule has 2 amide bonds. The van der Waals surface area contributed by atoms with Crippen molar-refractivity contribution >= 4 is 28.9 Å². The Morgan fingerprint density at radius 1 is 1.19 bits per heavy atom. The predicted molar refractivity (Wildman–Crippen MR) is 96.6 cm³/mol. The number of alkyl halides is 3. The van der Waals surface area contributed by atoms with Gasteiger partial charge in [-0.15, -0.1) is 0 Å². The van der Waals surface area contributed by atoms with E-state index in [9.17, 15) is 22.8 Å². The summed E-state index contributed by atoms with van der Waals surface area (Å²) in [5.41, 5.74) is 6.70. The molecule has 1 aliphatic rings. The van der Waals surface area contributed by atoms with Crippen molar-refractivity contribution < 1.29 is 22.8 Å². The van der Waals surface area contributed by atoms with Gasteiger partial charge >= 0.3 is 6.18 Å². The van der Waals surface area contributed by atoms with E-state index in [1.54, 1.807) is 18.2 Å². The van der Waals surface area contributed by atoms with Crippen molar-refractivity contribution in [2.75, 3.05) is 22.5 Å². The number of hydrogen-bond donors (Lipinski definition) is 2. The molecule has 3 N–H and O–H groups in total. The minimum Gasteiger partial charge on any atom is -0.398 e. The van der Waals surface area contributed by atoms with Gasteiger partial charge in [-0.25, -0.2) is 0 Å². The van der Waals surface area contributed by atoms with E-state index < -0.39 is 23.6 Å². The van der Waals surface area contributed by atoms with Crippen molar-refractivity contribution in [3.8, 4) is 0 Å². The van der Waals surface area contributed by atoms with Gasteiger partial charge in [0, 0.05) is 36.1 Å². The summed E-state index contributed by atoms with van der Waals surface area (Å²) in [7, 11) is 0. The van der Waals surface area contributed by atoms with Gasteiger partial charge in [-0.3, -0.25) is 9.59 Å². The van der Waals surface area contributed by atoms with Crippen LogP contribution in [0.3, 0.4) is 0 Å². The Labute approximate surface area is 154 Å². The van der Waals surface area contributed by atoms with Crippen LogP contribution in [0.5, 0.6) is 0 Å². The van der Waals surface area contributed by atoms with Gasteiger partial charge in [-0.1, -0.05) is 6.07 Å². The van der Waals surface area contributed by atoms with Crippen LogP contribution in [-0.4, -0.2) is 18.4 Å². The zero-order valence-electron chi connectivity index (χ0n) is 14.6. The molecular formula is C19H18F3N3O2. The number of nitrogens with one attached hydrogen (secondary N) is 1. The zero-order chi connectivity index (χ0) is 19.8. The number of anilines is 3. The molecule has 0 radical (unpaired) electrons. The van der Waals surface area contributed by atoms with Crippen LogP contribution in [-0.2, 0) is 17.4 Å². The molecule has 0 atom stereocenters. The van der Waals surface area contributed by atoms with Crippen LogP contribution in [0.4, 0.5) is 30.2 Å². The predicted octanol–water partition coefficient (Wildman–Crippen LogP) is 3.84. The van der Waals surface area contributed by atoms with Gasteiger partial charge in [-0.05, 0) is 48.7 Å².